The zero-order valence-electron chi connectivity index (χ0n) is 23.6. The van der Waals surface area contributed by atoms with Gasteiger partial charge >= 0.3 is 6.18 Å². The highest BCUT2D eigenvalue weighted by Gasteiger charge is 2.49. The van der Waals surface area contributed by atoms with Gasteiger partial charge in [-0.25, -0.2) is 4.98 Å². The summed E-state index contributed by atoms with van der Waals surface area (Å²) >= 11 is 0. The third-order valence-electron chi connectivity index (χ3n) is 8.54. The van der Waals surface area contributed by atoms with Crippen molar-refractivity contribution >= 4 is 5.91 Å². The van der Waals surface area contributed by atoms with E-state index in [1.54, 1.807) is 35.2 Å². The van der Waals surface area contributed by atoms with Crippen LogP contribution in [0.25, 0.3) is 11.1 Å². The van der Waals surface area contributed by atoms with E-state index >= 15 is 0 Å². The van der Waals surface area contributed by atoms with Crippen LogP contribution in [0.3, 0.4) is 0 Å². The topological polar surface area (TPSA) is 66.1 Å². The van der Waals surface area contributed by atoms with Crippen LogP contribution < -0.4 is 5.56 Å². The van der Waals surface area contributed by atoms with E-state index in [2.05, 4.69) is 43.1 Å². The highest BCUT2D eigenvalue weighted by Crippen LogP contribution is 2.52. The van der Waals surface area contributed by atoms with Crippen molar-refractivity contribution in [1.29, 1.82) is 0 Å². The predicted molar refractivity (Wildman–Crippen MR) is 155 cm³/mol. The molecule has 4 aromatic rings. The summed E-state index contributed by atoms with van der Waals surface area (Å²) in [6, 6.07) is 20.7. The Hall–Kier alpha value is -4.20. The first-order valence-corrected chi connectivity index (χ1v) is 14.3. The Labute approximate surface area is 242 Å². The molecule has 1 amide bonds. The maximum absolute atomic E-state index is 13.3. The summed E-state index contributed by atoms with van der Waals surface area (Å²) in [6.07, 6.45) is -1.99. The molecule has 216 valence electrons. The second kappa shape index (κ2) is 10.6. The lowest BCUT2D eigenvalue weighted by molar-refractivity contribution is -0.137. The van der Waals surface area contributed by atoms with Crippen LogP contribution in [0.5, 0.6) is 0 Å². The first kappa shape index (κ1) is 27.9. The van der Waals surface area contributed by atoms with Gasteiger partial charge in [0.05, 0.1) is 35.2 Å². The van der Waals surface area contributed by atoms with Gasteiger partial charge < -0.3 is 9.88 Å². The number of carbonyl (C=O) groups is 1. The summed E-state index contributed by atoms with van der Waals surface area (Å²) in [5.41, 5.74) is 4.25. The zero-order valence-corrected chi connectivity index (χ0v) is 23.6. The fourth-order valence-electron chi connectivity index (χ4n) is 5.87. The number of alkyl halides is 3. The van der Waals surface area contributed by atoms with Gasteiger partial charge in [-0.15, -0.1) is 0 Å². The van der Waals surface area contributed by atoms with Crippen LogP contribution in [0.1, 0.15) is 71.9 Å². The van der Waals surface area contributed by atoms with Crippen molar-refractivity contribution in [1.82, 2.24) is 14.9 Å². The maximum Gasteiger partial charge on any atom is 0.416 e. The molecule has 8 heteroatoms. The Morgan fingerprint density at radius 1 is 1.00 bits per heavy atom. The van der Waals surface area contributed by atoms with E-state index in [1.807, 2.05) is 0 Å². The highest BCUT2D eigenvalue weighted by molar-refractivity contribution is 5.80. The molecule has 1 N–H and O–H groups in total. The third-order valence-corrected chi connectivity index (χ3v) is 8.54. The van der Waals surface area contributed by atoms with E-state index in [0.29, 0.717) is 47.0 Å². The normalized spacial score (nSPS) is 15.9. The van der Waals surface area contributed by atoms with Gasteiger partial charge in [-0.1, -0.05) is 74.5 Å². The molecule has 0 bridgehead atoms. The van der Waals surface area contributed by atoms with Gasteiger partial charge in [0.15, 0.2) is 0 Å². The van der Waals surface area contributed by atoms with Crippen LogP contribution in [0, 0.1) is 0 Å². The van der Waals surface area contributed by atoms with Crippen LogP contribution in [-0.2, 0) is 35.8 Å². The summed E-state index contributed by atoms with van der Waals surface area (Å²) in [5.74, 6) is 0.968. The van der Waals surface area contributed by atoms with Gasteiger partial charge in [-0.3, -0.25) is 9.59 Å². The number of benzene rings is 3. The molecule has 2 aliphatic rings. The highest BCUT2D eigenvalue weighted by atomic mass is 19.4. The molecule has 1 aromatic heterocycles. The Kier molecular flexibility index (Phi) is 7.03. The van der Waals surface area contributed by atoms with E-state index in [4.69, 9.17) is 4.98 Å². The maximum atomic E-state index is 13.3. The number of fused-ring (bicyclic) bond motifs is 1. The van der Waals surface area contributed by atoms with E-state index in [9.17, 15) is 22.8 Å². The number of hydrogen-bond donors (Lipinski definition) is 1. The lowest BCUT2D eigenvalue weighted by Crippen LogP contribution is -2.41. The zero-order chi connectivity index (χ0) is 29.6. The average Bonchev–Trinajstić information content (AvgIpc) is 3.79. The van der Waals surface area contributed by atoms with Crippen molar-refractivity contribution < 1.29 is 18.0 Å². The molecule has 1 aliphatic heterocycles. The monoisotopic (exact) mass is 571 g/mol. The minimum Gasteiger partial charge on any atom is -0.337 e. The van der Waals surface area contributed by atoms with E-state index < -0.39 is 11.7 Å². The number of hydrogen-bond acceptors (Lipinski definition) is 3. The number of nitrogens with zero attached hydrogens (tertiary/aromatic N) is 2. The summed E-state index contributed by atoms with van der Waals surface area (Å²) in [6.45, 7) is 4.96. The van der Waals surface area contributed by atoms with Gasteiger partial charge in [-0.2, -0.15) is 13.2 Å². The lowest BCUT2D eigenvalue weighted by atomic mass is 9.90. The van der Waals surface area contributed by atoms with Crippen molar-refractivity contribution in [2.24, 2.45) is 0 Å². The van der Waals surface area contributed by atoms with E-state index in [-0.39, 0.29) is 29.8 Å². The third kappa shape index (κ3) is 5.38. The molecule has 0 unspecified atom stereocenters. The molecule has 3 aromatic carbocycles. The molecule has 0 spiro atoms. The molecule has 0 saturated heterocycles. The van der Waals surface area contributed by atoms with Crippen molar-refractivity contribution in [3.8, 4) is 11.1 Å². The second-order valence-corrected chi connectivity index (χ2v) is 11.7. The minimum atomic E-state index is -4.43. The van der Waals surface area contributed by atoms with Crippen LogP contribution in [0.15, 0.2) is 77.6 Å². The first-order chi connectivity index (χ1) is 20.0. The standard InChI is InChI=1S/C34H32F3N3O2/c1-21(2)23-7-4-10-26(18-23)33(13-14-33)32-38-29-12-15-40(20-28(29)31(42)39-32)30(41)17-22-6-3-8-24(16-22)25-9-5-11-27(19-25)34(35,36)37/h3-11,16,18-19,21H,12-15,17,20H2,1-2H3,(H,38,39,42). The molecule has 1 fully saturated rings. The van der Waals surface area contributed by atoms with Gasteiger partial charge in [0.1, 0.15) is 5.82 Å². The fourth-order valence-corrected chi connectivity index (χ4v) is 5.87. The summed E-state index contributed by atoms with van der Waals surface area (Å²) < 4.78 is 39.6. The molecule has 5 nitrogen and oxygen atoms in total. The number of nitrogens with one attached hydrogen (secondary N) is 1. The Bertz CT molecular complexity index is 1720. The lowest BCUT2D eigenvalue weighted by Gasteiger charge is -2.29. The number of aromatic amines is 1. The smallest absolute Gasteiger partial charge is 0.337 e. The van der Waals surface area contributed by atoms with Gasteiger partial charge in [0.2, 0.25) is 5.91 Å². The Morgan fingerprint density at radius 3 is 2.43 bits per heavy atom. The fraction of sp³-hybridized carbons (Fsp3) is 0.324. The van der Waals surface area contributed by atoms with Gasteiger partial charge in [0.25, 0.3) is 5.56 Å². The van der Waals surface area contributed by atoms with Crippen molar-refractivity contribution in [3.63, 3.8) is 0 Å². The van der Waals surface area contributed by atoms with Crippen LogP contribution in [0.4, 0.5) is 13.2 Å². The summed E-state index contributed by atoms with van der Waals surface area (Å²) in [7, 11) is 0. The van der Waals surface area contributed by atoms with Crippen LogP contribution >= 0.6 is 0 Å². The number of halogens is 3. The van der Waals surface area contributed by atoms with Crippen LogP contribution in [-0.4, -0.2) is 27.3 Å². The minimum absolute atomic E-state index is 0.0842. The molecular formula is C34H32F3N3O2. The van der Waals surface area contributed by atoms with Crippen molar-refractivity contribution in [2.45, 2.75) is 63.6 Å². The molecule has 2 heterocycles. The van der Waals surface area contributed by atoms with Crippen LogP contribution in [0.2, 0.25) is 0 Å². The molecule has 6 rings (SSSR count). The van der Waals surface area contributed by atoms with Crippen molar-refractivity contribution in [3.05, 3.63) is 122 Å². The summed E-state index contributed by atoms with van der Waals surface area (Å²) in [4.78, 5) is 36.2. The van der Waals surface area contributed by atoms with Gasteiger partial charge in [0, 0.05) is 13.0 Å². The number of amides is 1. The SMILES string of the molecule is CC(C)c1cccc(C2(c3nc4c(c(=O)[nH]3)CN(C(=O)Cc3cccc(-c5cccc(C(F)(F)F)c5)c3)CC4)CC2)c1. The summed E-state index contributed by atoms with van der Waals surface area (Å²) in [5, 5.41) is 0. The van der Waals surface area contributed by atoms with Crippen molar-refractivity contribution in [2.75, 3.05) is 6.54 Å². The quantitative estimate of drug-likeness (QED) is 0.277. The Morgan fingerprint density at radius 2 is 1.71 bits per heavy atom. The average molecular weight is 572 g/mol. The molecule has 0 atom stereocenters. The van der Waals surface area contributed by atoms with E-state index in [0.717, 1.165) is 30.7 Å². The number of aromatic nitrogens is 2. The van der Waals surface area contributed by atoms with E-state index in [1.165, 1.54) is 17.2 Å². The predicted octanol–water partition coefficient (Wildman–Crippen LogP) is 6.79. The Balaban J connectivity index is 1.19. The number of carbonyl (C=O) groups excluding carboxylic acids is 1. The molecule has 42 heavy (non-hydrogen) atoms. The molecule has 0 radical (unpaired) electrons. The first-order valence-electron chi connectivity index (χ1n) is 14.3. The number of H-pyrrole nitrogens is 1. The molecule has 1 aliphatic carbocycles. The largest absolute Gasteiger partial charge is 0.416 e. The second-order valence-electron chi connectivity index (χ2n) is 11.7. The molecular weight excluding hydrogens is 539 g/mol. The number of rotatable bonds is 6. The van der Waals surface area contributed by atoms with Gasteiger partial charge in [-0.05, 0) is 58.7 Å². The molecule has 1 saturated carbocycles.